The predicted octanol–water partition coefficient (Wildman–Crippen LogP) is 5.94. The van der Waals surface area contributed by atoms with Crippen LogP contribution in [0.4, 0.5) is 5.69 Å². The van der Waals surface area contributed by atoms with Crippen molar-refractivity contribution in [3.05, 3.63) is 70.3 Å². The van der Waals surface area contributed by atoms with Gasteiger partial charge in [-0.25, -0.2) is 18.4 Å². The van der Waals surface area contributed by atoms with Gasteiger partial charge < -0.3 is 19.8 Å². The minimum absolute atomic E-state index is 0.0508. The summed E-state index contributed by atoms with van der Waals surface area (Å²) in [5.41, 5.74) is 3.20. The number of aliphatic hydroxyl groups excluding tert-OH is 1. The van der Waals surface area contributed by atoms with Crippen LogP contribution < -0.4 is 14.8 Å². The number of nitrogens with zero attached hydrogens (tertiary/aromatic N) is 1. The highest BCUT2D eigenvalue weighted by Gasteiger charge is 2.44. The second kappa shape index (κ2) is 13.4. The van der Waals surface area contributed by atoms with E-state index in [1.54, 1.807) is 18.2 Å². The van der Waals surface area contributed by atoms with E-state index < -0.39 is 27.3 Å². The zero-order valence-electron chi connectivity index (χ0n) is 25.6. The molecule has 0 radical (unpaired) electrons. The minimum Gasteiger partial charge on any atom is -0.490 e. The normalized spacial score (nSPS) is 25.3. The average molecular weight is 645 g/mol. The Kier molecular flexibility index (Phi) is 10.00. The molecule has 2 aliphatic carbocycles. The number of halogens is 1. The number of primary sulfonamides is 1. The maximum absolute atomic E-state index is 12.1. The van der Waals surface area contributed by atoms with Crippen LogP contribution in [0, 0.1) is 17.8 Å². The number of fused-ring (bicyclic) bond motifs is 3. The van der Waals surface area contributed by atoms with Crippen LogP contribution in [0.3, 0.4) is 0 Å². The van der Waals surface area contributed by atoms with Crippen LogP contribution in [-0.4, -0.2) is 55.7 Å². The zero-order chi connectivity index (χ0) is 31.6. The Bertz CT molecular complexity index is 1500. The lowest BCUT2D eigenvalue weighted by Crippen LogP contribution is -2.49. The van der Waals surface area contributed by atoms with E-state index >= 15 is 0 Å². The van der Waals surface area contributed by atoms with Gasteiger partial charge in [-0.1, -0.05) is 50.1 Å². The zero-order valence-corrected chi connectivity index (χ0v) is 27.2. The van der Waals surface area contributed by atoms with Gasteiger partial charge in [0.15, 0.2) is 0 Å². The third kappa shape index (κ3) is 6.96. The van der Waals surface area contributed by atoms with Crippen molar-refractivity contribution in [1.82, 2.24) is 0 Å². The summed E-state index contributed by atoms with van der Waals surface area (Å²) in [7, 11) is -3.64. The van der Waals surface area contributed by atoms with Gasteiger partial charge in [0, 0.05) is 23.5 Å². The maximum Gasteiger partial charge on any atom is 0.335 e. The van der Waals surface area contributed by atoms with E-state index in [1.165, 1.54) is 11.1 Å². The van der Waals surface area contributed by atoms with Crippen LogP contribution in [0.1, 0.15) is 80.3 Å². The quantitative estimate of drug-likeness (QED) is 0.258. The molecule has 0 unspecified atom stereocenters. The number of aromatic carboxylic acids is 1. The summed E-state index contributed by atoms with van der Waals surface area (Å²) in [5.74, 6) is -0.199. The Morgan fingerprint density at radius 1 is 1.25 bits per heavy atom. The van der Waals surface area contributed by atoms with Gasteiger partial charge >= 0.3 is 5.97 Å². The lowest BCUT2D eigenvalue weighted by molar-refractivity contribution is 0.0455. The van der Waals surface area contributed by atoms with Gasteiger partial charge in [0.2, 0.25) is 10.0 Å². The number of rotatable bonds is 11. The van der Waals surface area contributed by atoms with Crippen molar-refractivity contribution in [1.29, 1.82) is 0 Å². The highest BCUT2D eigenvalue weighted by Crippen LogP contribution is 2.46. The average Bonchev–Trinajstić information content (AvgIpc) is 3.10. The first-order chi connectivity index (χ1) is 20.9. The van der Waals surface area contributed by atoms with Crippen LogP contribution >= 0.6 is 11.6 Å². The van der Waals surface area contributed by atoms with E-state index in [4.69, 9.17) is 21.5 Å². The molecule has 1 spiro atoms. The van der Waals surface area contributed by atoms with Crippen molar-refractivity contribution in [3.8, 4) is 5.75 Å². The Balaban J connectivity index is 1.36. The molecule has 2 aromatic carbocycles. The number of carbonyl (C=O) groups is 1. The van der Waals surface area contributed by atoms with E-state index in [0.717, 1.165) is 49.2 Å². The predicted molar refractivity (Wildman–Crippen MR) is 174 cm³/mol. The van der Waals surface area contributed by atoms with Crippen molar-refractivity contribution in [2.45, 2.75) is 82.0 Å². The van der Waals surface area contributed by atoms with Gasteiger partial charge in [0.1, 0.15) is 5.75 Å². The summed E-state index contributed by atoms with van der Waals surface area (Å²) in [6.07, 6.45) is 9.61. The van der Waals surface area contributed by atoms with E-state index in [1.807, 2.05) is 32.1 Å². The fourth-order valence-electron chi connectivity index (χ4n) is 7.59. The third-order valence-corrected chi connectivity index (χ3v) is 11.9. The largest absolute Gasteiger partial charge is 0.490 e. The number of carboxylic acid groups (broad SMARTS) is 1. The monoisotopic (exact) mass is 644 g/mol. The fraction of sp³-hybridized carbons (Fsp3) is 0.559. The van der Waals surface area contributed by atoms with Crippen molar-refractivity contribution in [2.75, 3.05) is 24.6 Å². The second-order valence-electron chi connectivity index (χ2n) is 13.1. The second-order valence-corrected chi connectivity index (χ2v) is 15.4. The lowest BCUT2D eigenvalue weighted by atomic mass is 9.68. The number of ether oxygens (including phenoxy) is 1. The van der Waals surface area contributed by atoms with Gasteiger partial charge in [0.25, 0.3) is 0 Å². The lowest BCUT2D eigenvalue weighted by Gasteiger charge is -2.45. The molecule has 0 amide bonds. The number of aryl methyl sites for hydroxylation is 1. The first kappa shape index (κ1) is 32.8. The molecular weight excluding hydrogens is 600 g/mol. The standard InChI is InChI=1S/C34H45ClN2O6S/c1-3-6-32(44(36,41)42)22(2)7-4-9-30(38)27-13-10-25(27)19-37-20-34(16-5-8-23-17-26(35)12-14-28(23)34)21-43-31-15-11-24(33(39)40)18-29(31)37/h4,9,11-12,14-15,17-18,22,25,27,30,32,38H,3,5-8,10,13,16,19-21H2,1-2H3,(H,39,40)(H2,36,41,42)/b9-4+/t22-,25-,27+,30-,32-,34-/m0/s1. The molecule has 0 aromatic heterocycles. The van der Waals surface area contributed by atoms with Crippen molar-refractivity contribution >= 4 is 33.3 Å². The van der Waals surface area contributed by atoms with Crippen LogP contribution in [0.2, 0.25) is 5.02 Å². The molecule has 10 heteroatoms. The molecule has 1 fully saturated rings. The molecule has 44 heavy (non-hydrogen) atoms. The van der Waals surface area contributed by atoms with Gasteiger partial charge in [-0.2, -0.15) is 0 Å². The summed E-state index contributed by atoms with van der Waals surface area (Å²) >= 11 is 6.37. The van der Waals surface area contributed by atoms with Crippen LogP contribution in [0.25, 0.3) is 0 Å². The summed E-state index contributed by atoms with van der Waals surface area (Å²) in [6, 6.07) is 11.2. The molecule has 240 valence electrons. The Morgan fingerprint density at radius 2 is 2.05 bits per heavy atom. The van der Waals surface area contributed by atoms with E-state index in [0.29, 0.717) is 38.3 Å². The number of hydrogen-bond acceptors (Lipinski definition) is 6. The summed E-state index contributed by atoms with van der Waals surface area (Å²) in [4.78, 5) is 14.2. The number of benzene rings is 2. The van der Waals surface area contributed by atoms with E-state index in [9.17, 15) is 23.4 Å². The number of sulfonamides is 1. The first-order valence-electron chi connectivity index (χ1n) is 15.8. The summed E-state index contributed by atoms with van der Waals surface area (Å²) in [6.45, 7) is 5.68. The highest BCUT2D eigenvalue weighted by atomic mass is 35.5. The van der Waals surface area contributed by atoms with Gasteiger partial charge in [-0.15, -0.1) is 0 Å². The third-order valence-electron chi connectivity index (χ3n) is 10.1. The highest BCUT2D eigenvalue weighted by molar-refractivity contribution is 7.89. The number of anilines is 1. The molecule has 0 bridgehead atoms. The number of carboxylic acids is 1. The summed E-state index contributed by atoms with van der Waals surface area (Å²) < 4.78 is 30.6. The maximum atomic E-state index is 12.1. The molecule has 1 aliphatic heterocycles. The molecule has 8 nitrogen and oxygen atoms in total. The molecule has 4 N–H and O–H groups in total. The van der Waals surface area contributed by atoms with Crippen molar-refractivity contribution in [2.24, 2.45) is 22.9 Å². The number of aliphatic hydroxyl groups is 1. The number of hydrogen-bond donors (Lipinski definition) is 3. The molecule has 1 heterocycles. The molecule has 2 aromatic rings. The molecule has 5 rings (SSSR count). The number of allylic oxidation sites excluding steroid dienone is 1. The molecular formula is C34H45ClN2O6S. The molecule has 0 saturated heterocycles. The summed E-state index contributed by atoms with van der Waals surface area (Å²) in [5, 5.41) is 26.6. The van der Waals surface area contributed by atoms with Crippen LogP contribution in [0.15, 0.2) is 48.6 Å². The van der Waals surface area contributed by atoms with E-state index in [-0.39, 0.29) is 28.7 Å². The minimum atomic E-state index is -3.64. The topological polar surface area (TPSA) is 130 Å². The Labute approximate surface area is 266 Å². The van der Waals surface area contributed by atoms with E-state index in [2.05, 4.69) is 17.0 Å². The SMILES string of the molecule is CCC[C@@H]([C@@H](C)C/C=C/[C@H](O)[C@@H]1CC[C@H]1CN1C[C@@]2(CCCc3cc(Cl)ccc32)COc2ccc(C(=O)O)cc21)S(N)(=O)=O. The van der Waals surface area contributed by atoms with Gasteiger partial charge in [-0.3, -0.25) is 0 Å². The van der Waals surface area contributed by atoms with Gasteiger partial charge in [-0.05, 0) is 104 Å². The molecule has 3 aliphatic rings. The molecule has 1 saturated carbocycles. The Hall–Kier alpha value is -2.59. The Morgan fingerprint density at radius 3 is 2.73 bits per heavy atom. The van der Waals surface area contributed by atoms with Crippen LogP contribution in [-0.2, 0) is 21.9 Å². The van der Waals surface area contributed by atoms with Crippen molar-refractivity contribution in [3.63, 3.8) is 0 Å². The van der Waals surface area contributed by atoms with Gasteiger partial charge in [0.05, 0.1) is 29.2 Å². The first-order valence-corrected chi connectivity index (χ1v) is 17.8. The molecule has 6 atom stereocenters. The van der Waals surface area contributed by atoms with Crippen LogP contribution in [0.5, 0.6) is 5.75 Å². The smallest absolute Gasteiger partial charge is 0.335 e. The van der Waals surface area contributed by atoms with Crippen molar-refractivity contribution < 1.29 is 28.2 Å². The fourth-order valence-corrected chi connectivity index (χ4v) is 9.10. The number of nitrogens with two attached hydrogens (primary N) is 1.